The van der Waals surface area contributed by atoms with Crippen molar-refractivity contribution < 1.29 is 18.0 Å². The zero-order valence-corrected chi connectivity index (χ0v) is 20.2. The number of aromatic nitrogens is 3. The number of carbonyl (C=O) groups excluding carboxylic acids is 1. The van der Waals surface area contributed by atoms with Crippen molar-refractivity contribution in [1.82, 2.24) is 14.8 Å². The monoisotopic (exact) mass is 505 g/mol. The Morgan fingerprint density at radius 3 is 2.46 bits per heavy atom. The molecule has 2 aromatic carbocycles. The lowest BCUT2D eigenvalue weighted by Crippen LogP contribution is -2.39. The van der Waals surface area contributed by atoms with E-state index in [2.05, 4.69) is 25.4 Å². The van der Waals surface area contributed by atoms with Crippen molar-refractivity contribution in [3.05, 3.63) is 58.9 Å². The van der Waals surface area contributed by atoms with Crippen LogP contribution in [0.5, 0.6) is 0 Å². The van der Waals surface area contributed by atoms with E-state index >= 15 is 0 Å². The van der Waals surface area contributed by atoms with Gasteiger partial charge in [-0.1, -0.05) is 31.9 Å². The van der Waals surface area contributed by atoms with Crippen LogP contribution in [-0.4, -0.2) is 26.7 Å². The topological polar surface area (TPSA) is 71.8 Å². The summed E-state index contributed by atoms with van der Waals surface area (Å²) in [4.78, 5) is 13.0. The lowest BCUT2D eigenvalue weighted by molar-refractivity contribution is -0.137. The second kappa shape index (κ2) is 10.3. The van der Waals surface area contributed by atoms with E-state index < -0.39 is 17.8 Å². The Morgan fingerprint density at radius 2 is 1.80 bits per heavy atom. The third kappa shape index (κ3) is 5.78. The van der Waals surface area contributed by atoms with Gasteiger partial charge in [0.2, 0.25) is 5.91 Å². The van der Waals surface area contributed by atoms with Gasteiger partial charge in [0.25, 0.3) is 0 Å². The van der Waals surface area contributed by atoms with Crippen LogP contribution in [0.1, 0.15) is 44.5 Å². The number of hydrogen-bond acceptors (Lipinski definition) is 4. The van der Waals surface area contributed by atoms with Gasteiger partial charge in [-0.25, -0.2) is 0 Å². The summed E-state index contributed by atoms with van der Waals surface area (Å²) < 4.78 is 40.9. The first-order chi connectivity index (χ1) is 16.6. The van der Waals surface area contributed by atoms with Gasteiger partial charge in [0.1, 0.15) is 11.9 Å². The maximum Gasteiger partial charge on any atom is 0.416 e. The van der Waals surface area contributed by atoms with Gasteiger partial charge in [-0.2, -0.15) is 13.2 Å². The van der Waals surface area contributed by atoms with E-state index in [0.717, 1.165) is 55.2 Å². The number of anilines is 2. The van der Waals surface area contributed by atoms with Crippen molar-refractivity contribution in [3.63, 3.8) is 0 Å². The number of fused-ring (bicyclic) bond motifs is 1. The number of benzene rings is 2. The Kier molecular flexibility index (Phi) is 7.35. The molecule has 1 aliphatic heterocycles. The molecule has 0 radical (unpaired) electrons. The quantitative estimate of drug-likeness (QED) is 0.405. The van der Waals surface area contributed by atoms with Gasteiger partial charge in [0.05, 0.1) is 16.3 Å². The van der Waals surface area contributed by atoms with Crippen LogP contribution in [-0.2, 0) is 23.9 Å². The minimum Gasteiger partial charge on any atom is -0.372 e. The molecule has 1 aliphatic rings. The Labute approximate surface area is 206 Å². The molecule has 1 amide bonds. The van der Waals surface area contributed by atoms with E-state index in [4.69, 9.17) is 11.6 Å². The summed E-state index contributed by atoms with van der Waals surface area (Å²) in [6.45, 7) is 4.58. The zero-order chi connectivity index (χ0) is 25.2. The molecule has 4 rings (SSSR count). The van der Waals surface area contributed by atoms with Crippen LogP contribution >= 0.6 is 11.6 Å². The Bertz CT molecular complexity index is 1190. The van der Waals surface area contributed by atoms with Crippen molar-refractivity contribution in [3.8, 4) is 11.4 Å². The van der Waals surface area contributed by atoms with Gasteiger partial charge >= 0.3 is 6.18 Å². The molecule has 1 aromatic heterocycles. The minimum absolute atomic E-state index is 0.102. The van der Waals surface area contributed by atoms with Gasteiger partial charge in [-0.05, 0) is 61.2 Å². The van der Waals surface area contributed by atoms with E-state index in [0.29, 0.717) is 5.69 Å². The molecular weight excluding hydrogens is 479 g/mol. The largest absolute Gasteiger partial charge is 0.416 e. The molecule has 1 atom stereocenters. The van der Waals surface area contributed by atoms with Gasteiger partial charge in [0.15, 0.2) is 5.82 Å². The lowest BCUT2D eigenvalue weighted by atomic mass is 10.0. The predicted octanol–water partition coefficient (Wildman–Crippen LogP) is 6.42. The Balaban J connectivity index is 1.46. The van der Waals surface area contributed by atoms with Gasteiger partial charge in [-0.3, -0.25) is 4.79 Å². The summed E-state index contributed by atoms with van der Waals surface area (Å²) in [5.41, 5.74) is 0.929. The first-order valence-electron chi connectivity index (χ1n) is 11.6. The number of rotatable bonds is 6. The third-order valence-electron chi connectivity index (χ3n) is 6.08. The Morgan fingerprint density at radius 1 is 1.06 bits per heavy atom. The highest BCUT2D eigenvalue weighted by molar-refractivity contribution is 6.33. The number of nitrogens with zero attached hydrogens (tertiary/aromatic N) is 3. The van der Waals surface area contributed by atoms with Gasteiger partial charge < -0.3 is 15.2 Å². The van der Waals surface area contributed by atoms with E-state index in [1.54, 1.807) is 12.1 Å². The van der Waals surface area contributed by atoms with Crippen molar-refractivity contribution in [1.29, 1.82) is 0 Å². The molecule has 0 fully saturated rings. The lowest BCUT2D eigenvalue weighted by Gasteiger charge is -2.24. The summed E-state index contributed by atoms with van der Waals surface area (Å²) in [5.74, 6) is 1.35. The van der Waals surface area contributed by atoms with Crippen molar-refractivity contribution in [2.75, 3.05) is 10.6 Å². The molecule has 0 aliphatic carbocycles. The Hall–Kier alpha value is -3.07. The van der Waals surface area contributed by atoms with Crippen LogP contribution in [0.3, 0.4) is 0 Å². The summed E-state index contributed by atoms with van der Waals surface area (Å²) in [7, 11) is 0. The summed E-state index contributed by atoms with van der Waals surface area (Å²) >= 11 is 6.07. The van der Waals surface area contributed by atoms with Crippen LogP contribution < -0.4 is 10.6 Å². The minimum atomic E-state index is -4.49. The molecule has 2 heterocycles. The number of aryl methyl sites for hydroxylation is 1. The van der Waals surface area contributed by atoms with E-state index in [1.807, 2.05) is 26.0 Å². The zero-order valence-electron chi connectivity index (χ0n) is 19.5. The van der Waals surface area contributed by atoms with Crippen LogP contribution in [0, 0.1) is 5.92 Å². The van der Waals surface area contributed by atoms with Crippen LogP contribution in [0.4, 0.5) is 24.5 Å². The number of carbonyl (C=O) groups is 1. The normalized spacial score (nSPS) is 14.8. The van der Waals surface area contributed by atoms with Crippen LogP contribution in [0.25, 0.3) is 11.4 Å². The van der Waals surface area contributed by atoms with Crippen molar-refractivity contribution in [2.24, 2.45) is 5.92 Å². The highest BCUT2D eigenvalue weighted by atomic mass is 35.5. The first kappa shape index (κ1) is 25.0. The van der Waals surface area contributed by atoms with E-state index in [1.165, 1.54) is 12.5 Å². The van der Waals surface area contributed by atoms with E-state index in [-0.39, 0.29) is 22.5 Å². The molecule has 0 saturated heterocycles. The van der Waals surface area contributed by atoms with Crippen LogP contribution in [0.15, 0.2) is 42.5 Å². The number of nitrogens with one attached hydrogen (secondary N) is 2. The molecular formula is C25H27ClF3N5O. The number of hydrogen-bond donors (Lipinski definition) is 2. The molecule has 0 saturated carbocycles. The molecule has 6 nitrogen and oxygen atoms in total. The van der Waals surface area contributed by atoms with Crippen LogP contribution in [0.2, 0.25) is 5.02 Å². The average molecular weight is 506 g/mol. The van der Waals surface area contributed by atoms with Crippen molar-refractivity contribution >= 4 is 28.9 Å². The van der Waals surface area contributed by atoms with Crippen molar-refractivity contribution in [2.45, 2.75) is 58.3 Å². The fourth-order valence-corrected chi connectivity index (χ4v) is 4.37. The fraction of sp³-hybridized carbons (Fsp3) is 0.400. The maximum atomic E-state index is 13.0. The third-order valence-corrected chi connectivity index (χ3v) is 6.39. The molecule has 10 heteroatoms. The standard InChI is InChI=1S/C25H27ClF3N5O/c1-15(2)22(31-20-12-9-17(14-19(20)26)25(27,28)29)24(35)30-18-10-7-16(8-11-18)23-33-32-21-6-4-3-5-13-34(21)23/h7-12,14-15,22,31H,3-6,13H2,1-2H3,(H,30,35). The number of alkyl halides is 3. The molecule has 3 aromatic rings. The fourth-order valence-electron chi connectivity index (χ4n) is 4.13. The number of halogens is 4. The molecule has 0 spiro atoms. The molecule has 35 heavy (non-hydrogen) atoms. The molecule has 0 bridgehead atoms. The summed E-state index contributed by atoms with van der Waals surface area (Å²) in [6.07, 6.45) is -0.178. The van der Waals surface area contributed by atoms with E-state index in [9.17, 15) is 18.0 Å². The molecule has 186 valence electrons. The molecule has 1 unspecified atom stereocenters. The predicted molar refractivity (Wildman–Crippen MR) is 130 cm³/mol. The maximum absolute atomic E-state index is 13.0. The van der Waals surface area contributed by atoms with Gasteiger partial charge in [0, 0.05) is 24.2 Å². The van der Waals surface area contributed by atoms with Gasteiger partial charge in [-0.15, -0.1) is 10.2 Å². The highest BCUT2D eigenvalue weighted by Crippen LogP contribution is 2.34. The second-order valence-electron chi connectivity index (χ2n) is 9.03. The first-order valence-corrected chi connectivity index (χ1v) is 12.0. The average Bonchev–Trinajstić information content (AvgIpc) is 3.05. The SMILES string of the molecule is CC(C)C(Nc1ccc(C(F)(F)F)cc1Cl)C(=O)Nc1ccc(-c2nnc3n2CCCCC3)cc1. The smallest absolute Gasteiger partial charge is 0.372 e. The number of amides is 1. The molecule has 2 N–H and O–H groups in total. The summed E-state index contributed by atoms with van der Waals surface area (Å²) in [5, 5.41) is 14.5. The highest BCUT2D eigenvalue weighted by Gasteiger charge is 2.31. The summed E-state index contributed by atoms with van der Waals surface area (Å²) in [6, 6.07) is 9.70. The second-order valence-corrected chi connectivity index (χ2v) is 9.43.